The molecule has 0 amide bonds. The van der Waals surface area contributed by atoms with Gasteiger partial charge in [-0.1, -0.05) is 19.9 Å². The Morgan fingerprint density at radius 2 is 1.93 bits per heavy atom. The maximum absolute atomic E-state index is 16.8. The van der Waals surface area contributed by atoms with Crippen LogP contribution in [0.1, 0.15) is 40.0 Å². The number of carbonyl (C=O) groups excluding carboxylic acids is 2. The van der Waals surface area contributed by atoms with E-state index >= 15 is 8.78 Å². The monoisotopic (exact) mass is 412 g/mol. The molecule has 0 aromatic rings. The Morgan fingerprint density at radius 1 is 1.29 bits per heavy atom. The van der Waals surface area contributed by atoms with Crippen LogP contribution in [0.2, 0.25) is 0 Å². The van der Waals surface area contributed by atoms with Crippen LogP contribution in [0.3, 0.4) is 0 Å². The van der Waals surface area contributed by atoms with E-state index in [-0.39, 0.29) is 18.4 Å². The third-order valence-corrected chi connectivity index (χ3v) is 8.88. The molecule has 4 rings (SSSR count). The van der Waals surface area contributed by atoms with Gasteiger partial charge in [-0.05, 0) is 55.7 Å². The number of rotatable bonds is 1. The van der Waals surface area contributed by atoms with Gasteiger partial charge in [0.1, 0.15) is 11.8 Å². The smallest absolute Gasteiger partial charge is 0.218 e. The fourth-order valence-electron chi connectivity index (χ4n) is 7.00. The van der Waals surface area contributed by atoms with Crippen molar-refractivity contribution in [3.05, 3.63) is 23.8 Å². The maximum atomic E-state index is 16.8. The van der Waals surface area contributed by atoms with Crippen LogP contribution < -0.4 is 0 Å². The number of aliphatic hydroxyl groups is 2. The summed E-state index contributed by atoms with van der Waals surface area (Å²) in [5, 5.41) is 21.6. The summed E-state index contributed by atoms with van der Waals surface area (Å²) in [6.45, 7) is 4.92. The first-order chi connectivity index (χ1) is 12.8. The van der Waals surface area contributed by atoms with E-state index < -0.39 is 63.0 Å². The minimum absolute atomic E-state index is 0.0629. The standard InChI is InChI=1S/C21H26F2O4S/c1-10-6-12-13-8-15(22)14-7-11(24)4-5-18(14,2)20(13,23)16(25)9-19(12,3)21(10,27)17(26)28/h4-5,7,10,12-13,15-16,25,27H,6,8-9H2,1-3H3,(H,26,28)/t10?,12-,13-,15?,16?,18-,19-,20?,21?/m0/s1. The molecule has 4 aliphatic carbocycles. The summed E-state index contributed by atoms with van der Waals surface area (Å²) in [5.74, 6) is -2.29. The van der Waals surface area contributed by atoms with E-state index in [2.05, 4.69) is 12.6 Å². The summed E-state index contributed by atoms with van der Waals surface area (Å²) in [6, 6.07) is 0. The number of allylic oxidation sites excluding steroid dienone is 4. The first-order valence-electron chi connectivity index (χ1n) is 9.76. The molecule has 0 radical (unpaired) electrons. The van der Waals surface area contributed by atoms with Crippen LogP contribution in [0.15, 0.2) is 23.8 Å². The molecule has 2 N–H and O–H groups in total. The van der Waals surface area contributed by atoms with Crippen LogP contribution in [0.4, 0.5) is 8.78 Å². The van der Waals surface area contributed by atoms with Crippen molar-refractivity contribution in [1.29, 1.82) is 0 Å². The van der Waals surface area contributed by atoms with E-state index in [0.29, 0.717) is 6.42 Å². The second-order valence-electron chi connectivity index (χ2n) is 9.57. The Labute approximate surface area is 168 Å². The number of ketones is 1. The van der Waals surface area contributed by atoms with E-state index in [0.717, 1.165) is 6.08 Å². The first-order valence-corrected chi connectivity index (χ1v) is 10.2. The quantitative estimate of drug-likeness (QED) is 0.579. The Balaban J connectivity index is 1.88. The lowest BCUT2D eigenvalue weighted by molar-refractivity contribution is -0.221. The molecule has 0 aliphatic heterocycles. The number of thiol groups is 1. The maximum Gasteiger partial charge on any atom is 0.218 e. The Bertz CT molecular complexity index is 827. The average molecular weight is 412 g/mol. The second-order valence-corrected chi connectivity index (χ2v) is 9.97. The van der Waals surface area contributed by atoms with E-state index in [1.807, 2.05) is 0 Å². The molecule has 28 heavy (non-hydrogen) atoms. The zero-order valence-electron chi connectivity index (χ0n) is 16.2. The Morgan fingerprint density at radius 3 is 2.54 bits per heavy atom. The third kappa shape index (κ3) is 2.03. The summed E-state index contributed by atoms with van der Waals surface area (Å²) >= 11 is 3.90. The van der Waals surface area contributed by atoms with E-state index in [4.69, 9.17) is 0 Å². The first kappa shape index (κ1) is 20.2. The van der Waals surface area contributed by atoms with Crippen molar-refractivity contribution in [2.45, 2.75) is 63.6 Å². The van der Waals surface area contributed by atoms with Gasteiger partial charge in [0.15, 0.2) is 11.5 Å². The summed E-state index contributed by atoms with van der Waals surface area (Å²) in [4.78, 5) is 24.1. The predicted octanol–water partition coefficient (Wildman–Crippen LogP) is 2.74. The molecular formula is C21H26F2O4S. The highest BCUT2D eigenvalue weighted by molar-refractivity contribution is 7.96. The minimum atomic E-state index is -2.20. The summed E-state index contributed by atoms with van der Waals surface area (Å²) < 4.78 is 32.0. The fraction of sp³-hybridized carbons (Fsp3) is 0.714. The molecule has 3 fully saturated rings. The highest BCUT2D eigenvalue weighted by Gasteiger charge is 2.76. The number of hydrogen-bond acceptors (Lipinski definition) is 4. The van der Waals surface area contributed by atoms with Crippen LogP contribution in [0.5, 0.6) is 0 Å². The molecule has 4 aliphatic rings. The zero-order chi connectivity index (χ0) is 20.9. The van der Waals surface area contributed by atoms with E-state index in [9.17, 15) is 19.8 Å². The molecule has 0 bridgehead atoms. The summed E-state index contributed by atoms with van der Waals surface area (Å²) in [6.07, 6.45) is 0.703. The molecule has 4 nitrogen and oxygen atoms in total. The molecule has 3 saturated carbocycles. The van der Waals surface area contributed by atoms with Crippen LogP contribution in [-0.4, -0.2) is 44.7 Å². The van der Waals surface area contributed by atoms with E-state index in [1.165, 1.54) is 19.1 Å². The van der Waals surface area contributed by atoms with Crippen molar-refractivity contribution in [1.82, 2.24) is 0 Å². The van der Waals surface area contributed by atoms with Crippen LogP contribution in [-0.2, 0) is 9.59 Å². The van der Waals surface area contributed by atoms with Crippen molar-refractivity contribution in [2.24, 2.45) is 28.6 Å². The van der Waals surface area contributed by atoms with Gasteiger partial charge in [0, 0.05) is 16.7 Å². The highest BCUT2D eigenvalue weighted by atomic mass is 32.1. The van der Waals surface area contributed by atoms with Crippen molar-refractivity contribution in [3.63, 3.8) is 0 Å². The molecule has 9 atom stereocenters. The molecule has 0 aromatic carbocycles. The molecule has 5 unspecified atom stereocenters. The van der Waals surface area contributed by atoms with Gasteiger partial charge in [-0.15, -0.1) is 12.6 Å². The Hall–Kier alpha value is -1.05. The van der Waals surface area contributed by atoms with E-state index in [1.54, 1.807) is 13.8 Å². The van der Waals surface area contributed by atoms with Gasteiger partial charge < -0.3 is 10.2 Å². The largest absolute Gasteiger partial charge is 0.390 e. The molecule has 0 aromatic heterocycles. The van der Waals surface area contributed by atoms with Gasteiger partial charge in [0.2, 0.25) is 5.12 Å². The molecular weight excluding hydrogens is 386 g/mol. The second kappa shape index (κ2) is 5.76. The molecule has 0 saturated heterocycles. The van der Waals surface area contributed by atoms with Gasteiger partial charge in [-0.25, -0.2) is 8.78 Å². The molecule has 7 heteroatoms. The lowest BCUT2D eigenvalue weighted by atomic mass is 9.44. The average Bonchev–Trinajstić information content (AvgIpc) is 2.81. The molecule has 0 spiro atoms. The Kier molecular flexibility index (Phi) is 4.16. The van der Waals surface area contributed by atoms with Gasteiger partial charge >= 0.3 is 0 Å². The number of halogens is 2. The van der Waals surface area contributed by atoms with Crippen molar-refractivity contribution in [2.75, 3.05) is 0 Å². The summed E-state index contributed by atoms with van der Waals surface area (Å²) in [7, 11) is 0. The normalized spacial score (nSPS) is 55.2. The molecule has 154 valence electrons. The van der Waals surface area contributed by atoms with Gasteiger partial charge in [-0.3, -0.25) is 9.59 Å². The number of carbonyl (C=O) groups is 2. The highest BCUT2D eigenvalue weighted by Crippen LogP contribution is 2.71. The minimum Gasteiger partial charge on any atom is -0.390 e. The topological polar surface area (TPSA) is 74.6 Å². The lowest BCUT2D eigenvalue weighted by Crippen LogP contribution is -2.70. The molecule has 0 heterocycles. The number of aliphatic hydroxyl groups excluding tert-OH is 1. The van der Waals surface area contributed by atoms with Crippen molar-refractivity contribution in [3.8, 4) is 0 Å². The summed E-state index contributed by atoms with van der Waals surface area (Å²) in [5.41, 5.74) is -6.53. The van der Waals surface area contributed by atoms with Crippen LogP contribution in [0.25, 0.3) is 0 Å². The predicted molar refractivity (Wildman–Crippen MR) is 102 cm³/mol. The third-order valence-electron chi connectivity index (χ3n) is 8.54. The number of hydrogen-bond donors (Lipinski definition) is 3. The van der Waals surface area contributed by atoms with Gasteiger partial charge in [0.05, 0.1) is 6.10 Å². The van der Waals surface area contributed by atoms with Crippen molar-refractivity contribution >= 4 is 23.5 Å². The number of alkyl halides is 2. The lowest BCUT2D eigenvalue weighted by Gasteiger charge is -2.62. The zero-order valence-corrected chi connectivity index (χ0v) is 17.0. The SMILES string of the molecule is CC1C[C@H]2[C@@H]3CC(F)C4=CC(=O)C=C[C@]4(C)C3(F)C(O)C[C@]2(C)C1(O)C(=O)S. The van der Waals surface area contributed by atoms with Crippen molar-refractivity contribution < 1.29 is 28.6 Å². The van der Waals surface area contributed by atoms with Crippen LogP contribution in [0, 0.1) is 28.6 Å². The fourth-order valence-corrected chi connectivity index (χ4v) is 7.47. The number of fused-ring (bicyclic) bond motifs is 5. The van der Waals surface area contributed by atoms with Gasteiger partial charge in [0.25, 0.3) is 0 Å². The van der Waals surface area contributed by atoms with Gasteiger partial charge in [-0.2, -0.15) is 0 Å². The van der Waals surface area contributed by atoms with Crippen LogP contribution >= 0.6 is 12.6 Å².